The minimum Gasteiger partial charge on any atom is -0.316 e. The maximum absolute atomic E-state index is 13.1. The first-order valence-corrected chi connectivity index (χ1v) is 7.39. The van der Waals surface area contributed by atoms with Crippen LogP contribution in [-0.2, 0) is 4.79 Å². The number of halogens is 2. The first-order chi connectivity index (χ1) is 10.5. The van der Waals surface area contributed by atoms with Gasteiger partial charge in [-0.25, -0.2) is 9.07 Å². The number of hydrogen-bond donors (Lipinski definition) is 2. The largest absolute Gasteiger partial charge is 0.316 e. The van der Waals surface area contributed by atoms with E-state index in [-0.39, 0.29) is 30.0 Å². The third-order valence-electron chi connectivity index (χ3n) is 4.09. The maximum atomic E-state index is 13.1. The summed E-state index contributed by atoms with van der Waals surface area (Å²) in [4.78, 5) is 12.4. The third-order valence-corrected chi connectivity index (χ3v) is 4.09. The summed E-state index contributed by atoms with van der Waals surface area (Å²) in [7, 11) is 0. The normalized spacial score (nSPS) is 15.4. The lowest BCUT2D eigenvalue weighted by atomic mass is 9.88. The van der Waals surface area contributed by atoms with E-state index < -0.39 is 0 Å². The monoisotopic (exact) mass is 338 g/mol. The van der Waals surface area contributed by atoms with Crippen LogP contribution in [0.3, 0.4) is 0 Å². The van der Waals surface area contributed by atoms with Gasteiger partial charge < -0.3 is 10.6 Å². The Morgan fingerprint density at radius 2 is 2.04 bits per heavy atom. The molecule has 1 aromatic heterocycles. The van der Waals surface area contributed by atoms with Crippen molar-refractivity contribution in [2.24, 2.45) is 11.8 Å². The highest BCUT2D eigenvalue weighted by atomic mass is 35.5. The number of aryl methyl sites for hydroxylation is 1. The second kappa shape index (κ2) is 7.10. The molecule has 0 saturated carbocycles. The molecular formula is C16H20ClFN4O. The molecule has 1 amide bonds. The van der Waals surface area contributed by atoms with E-state index in [4.69, 9.17) is 0 Å². The lowest BCUT2D eigenvalue weighted by Crippen LogP contribution is -2.48. The van der Waals surface area contributed by atoms with Crippen molar-refractivity contribution in [3.63, 3.8) is 0 Å². The topological polar surface area (TPSA) is 59.0 Å². The van der Waals surface area contributed by atoms with Gasteiger partial charge in [0, 0.05) is 12.0 Å². The molecule has 3 rings (SSSR count). The number of nitrogens with one attached hydrogen (secondary N) is 2. The molecule has 2 N–H and O–H groups in total. The molecule has 124 valence electrons. The Bertz CT molecular complexity index is 682. The molecule has 1 saturated heterocycles. The Balaban J connectivity index is 0.00000192. The van der Waals surface area contributed by atoms with E-state index in [1.165, 1.54) is 12.1 Å². The zero-order valence-corrected chi connectivity index (χ0v) is 13.9. The second-order valence-corrected chi connectivity index (χ2v) is 5.76. The molecule has 5 nitrogen and oxygen atoms in total. The third kappa shape index (κ3) is 3.71. The lowest BCUT2D eigenvalue weighted by molar-refractivity contribution is -0.121. The summed E-state index contributed by atoms with van der Waals surface area (Å²) in [6.45, 7) is 5.55. The summed E-state index contributed by atoms with van der Waals surface area (Å²) >= 11 is 0. The number of amides is 1. The van der Waals surface area contributed by atoms with Gasteiger partial charge in [-0.1, -0.05) is 6.92 Å². The van der Waals surface area contributed by atoms with E-state index in [9.17, 15) is 9.18 Å². The number of carbonyl (C=O) groups is 1. The van der Waals surface area contributed by atoms with Gasteiger partial charge in [0.1, 0.15) is 11.6 Å². The van der Waals surface area contributed by atoms with Gasteiger partial charge in [-0.2, -0.15) is 5.10 Å². The molecule has 0 aliphatic carbocycles. The Morgan fingerprint density at radius 1 is 1.39 bits per heavy atom. The van der Waals surface area contributed by atoms with Gasteiger partial charge in [-0.15, -0.1) is 12.4 Å². The molecule has 2 aromatic rings. The van der Waals surface area contributed by atoms with Gasteiger partial charge in [-0.3, -0.25) is 4.79 Å². The van der Waals surface area contributed by atoms with E-state index in [1.807, 2.05) is 19.9 Å². The van der Waals surface area contributed by atoms with Crippen LogP contribution in [0.2, 0.25) is 0 Å². The predicted octanol–water partition coefficient (Wildman–Crippen LogP) is 2.54. The molecule has 1 aliphatic rings. The van der Waals surface area contributed by atoms with Gasteiger partial charge >= 0.3 is 0 Å². The van der Waals surface area contributed by atoms with Crippen LogP contribution >= 0.6 is 12.4 Å². The molecule has 7 heteroatoms. The van der Waals surface area contributed by atoms with E-state index in [0.29, 0.717) is 17.4 Å². The molecule has 23 heavy (non-hydrogen) atoms. The van der Waals surface area contributed by atoms with Crippen LogP contribution < -0.4 is 10.6 Å². The van der Waals surface area contributed by atoms with Crippen LogP contribution in [-0.4, -0.2) is 28.8 Å². The zero-order chi connectivity index (χ0) is 15.7. The number of rotatable bonds is 4. The van der Waals surface area contributed by atoms with E-state index >= 15 is 0 Å². The zero-order valence-electron chi connectivity index (χ0n) is 13.0. The van der Waals surface area contributed by atoms with Gasteiger partial charge in [-0.05, 0) is 50.2 Å². The summed E-state index contributed by atoms with van der Waals surface area (Å²) in [5.41, 5.74) is 1.50. The second-order valence-electron chi connectivity index (χ2n) is 5.76. The van der Waals surface area contributed by atoms with Crippen molar-refractivity contribution >= 4 is 24.1 Å². The van der Waals surface area contributed by atoms with Crippen LogP contribution in [0.5, 0.6) is 0 Å². The van der Waals surface area contributed by atoms with Crippen LogP contribution in [0, 0.1) is 24.6 Å². The molecule has 2 heterocycles. The van der Waals surface area contributed by atoms with Crippen molar-refractivity contribution in [1.82, 2.24) is 15.1 Å². The predicted molar refractivity (Wildman–Crippen MR) is 89.7 cm³/mol. The number of hydrogen-bond acceptors (Lipinski definition) is 3. The standard InChI is InChI=1S/C16H19FN4O.ClH/c1-10-7-15(19-16(22)11(2)12-8-18-9-12)21(20-10)14-5-3-13(17)4-6-14;/h3-7,11-12,18H,8-9H2,1-2H3,(H,19,22);1H. The number of carbonyl (C=O) groups excluding carboxylic acids is 1. The van der Waals surface area contributed by atoms with E-state index in [2.05, 4.69) is 15.7 Å². The molecule has 1 aromatic carbocycles. The fourth-order valence-electron chi connectivity index (χ4n) is 2.49. The highest BCUT2D eigenvalue weighted by Gasteiger charge is 2.29. The van der Waals surface area contributed by atoms with Crippen molar-refractivity contribution in [2.45, 2.75) is 13.8 Å². The lowest BCUT2D eigenvalue weighted by Gasteiger charge is -2.31. The Kier molecular flexibility index (Phi) is 5.38. The highest BCUT2D eigenvalue weighted by Crippen LogP contribution is 2.21. The van der Waals surface area contributed by atoms with Crippen LogP contribution in [0.1, 0.15) is 12.6 Å². The highest BCUT2D eigenvalue weighted by molar-refractivity contribution is 5.92. The first kappa shape index (κ1) is 17.4. The summed E-state index contributed by atoms with van der Waals surface area (Å²) in [6, 6.07) is 7.83. The average molecular weight is 339 g/mol. The van der Waals surface area contributed by atoms with Gasteiger partial charge in [0.2, 0.25) is 5.91 Å². The van der Waals surface area contributed by atoms with E-state index in [0.717, 1.165) is 18.8 Å². The molecule has 0 spiro atoms. The molecule has 1 fully saturated rings. The molecule has 1 atom stereocenters. The number of benzene rings is 1. The van der Waals surface area contributed by atoms with Crippen molar-refractivity contribution in [1.29, 1.82) is 0 Å². The number of nitrogens with zero attached hydrogens (tertiary/aromatic N) is 2. The quantitative estimate of drug-likeness (QED) is 0.900. The van der Waals surface area contributed by atoms with Crippen molar-refractivity contribution < 1.29 is 9.18 Å². The molecule has 1 unspecified atom stereocenters. The summed E-state index contributed by atoms with van der Waals surface area (Å²) in [5, 5.41) is 10.5. The summed E-state index contributed by atoms with van der Waals surface area (Å²) in [6.07, 6.45) is 0. The van der Waals surface area contributed by atoms with Crippen molar-refractivity contribution in [3.05, 3.63) is 41.8 Å². The average Bonchev–Trinajstić information content (AvgIpc) is 2.78. The van der Waals surface area contributed by atoms with Gasteiger partial charge in [0.05, 0.1) is 11.4 Å². The SMILES string of the molecule is Cc1cc(NC(=O)C(C)C2CNC2)n(-c2ccc(F)cc2)n1.Cl. The van der Waals surface area contributed by atoms with Crippen LogP contribution in [0.4, 0.5) is 10.2 Å². The summed E-state index contributed by atoms with van der Waals surface area (Å²) < 4.78 is 14.7. The maximum Gasteiger partial charge on any atom is 0.228 e. The minimum atomic E-state index is -0.302. The van der Waals surface area contributed by atoms with Crippen LogP contribution in [0.25, 0.3) is 5.69 Å². The van der Waals surface area contributed by atoms with Gasteiger partial charge in [0.15, 0.2) is 0 Å². The van der Waals surface area contributed by atoms with E-state index in [1.54, 1.807) is 16.8 Å². The Morgan fingerprint density at radius 3 is 2.61 bits per heavy atom. The van der Waals surface area contributed by atoms with Crippen LogP contribution in [0.15, 0.2) is 30.3 Å². The minimum absolute atomic E-state index is 0. The van der Waals surface area contributed by atoms with Gasteiger partial charge in [0.25, 0.3) is 0 Å². The first-order valence-electron chi connectivity index (χ1n) is 7.39. The smallest absolute Gasteiger partial charge is 0.228 e. The molecule has 1 aliphatic heterocycles. The molecule has 0 radical (unpaired) electrons. The Hall–Kier alpha value is -1.92. The number of aromatic nitrogens is 2. The van der Waals surface area contributed by atoms with Crippen molar-refractivity contribution in [3.8, 4) is 5.69 Å². The molecule has 0 bridgehead atoms. The molecular weight excluding hydrogens is 319 g/mol. The van der Waals surface area contributed by atoms with Crippen molar-refractivity contribution in [2.75, 3.05) is 18.4 Å². The number of anilines is 1. The summed E-state index contributed by atoms with van der Waals surface area (Å²) in [5.74, 6) is 0.605. The fourth-order valence-corrected chi connectivity index (χ4v) is 2.49. The fraction of sp³-hybridized carbons (Fsp3) is 0.375. The Labute approximate surface area is 140 Å².